The minimum absolute atomic E-state index is 0.0293. The number of hydrogen-bond donors (Lipinski definition) is 0. The number of rotatable bonds is 4. The average molecular weight is 352 g/mol. The SMILES string of the molecule is COc1ccc2cc([C@H](C)C(=O)N3CCN(C4CC4)C(=O)C3)ccc2c1. The molecule has 1 aliphatic heterocycles. The summed E-state index contributed by atoms with van der Waals surface area (Å²) in [6.45, 7) is 3.44. The van der Waals surface area contributed by atoms with E-state index in [1.54, 1.807) is 12.0 Å². The Labute approximate surface area is 153 Å². The lowest BCUT2D eigenvalue weighted by atomic mass is 9.96. The highest BCUT2D eigenvalue weighted by atomic mass is 16.5. The number of benzene rings is 2. The fraction of sp³-hybridized carbons (Fsp3) is 0.429. The molecule has 1 heterocycles. The Morgan fingerprint density at radius 1 is 1.12 bits per heavy atom. The average Bonchev–Trinajstić information content (AvgIpc) is 3.51. The first-order valence-corrected chi connectivity index (χ1v) is 9.23. The molecule has 1 aliphatic carbocycles. The summed E-state index contributed by atoms with van der Waals surface area (Å²) in [6.07, 6.45) is 2.22. The van der Waals surface area contributed by atoms with E-state index in [1.165, 1.54) is 0 Å². The molecule has 1 atom stereocenters. The molecule has 1 saturated heterocycles. The van der Waals surface area contributed by atoms with Crippen LogP contribution in [0.15, 0.2) is 36.4 Å². The van der Waals surface area contributed by atoms with Gasteiger partial charge in [0.2, 0.25) is 11.8 Å². The molecule has 0 bridgehead atoms. The zero-order valence-electron chi connectivity index (χ0n) is 15.3. The number of piperazine rings is 1. The van der Waals surface area contributed by atoms with E-state index in [9.17, 15) is 9.59 Å². The van der Waals surface area contributed by atoms with Gasteiger partial charge in [-0.25, -0.2) is 0 Å². The van der Waals surface area contributed by atoms with Gasteiger partial charge in [-0.15, -0.1) is 0 Å². The Balaban J connectivity index is 1.49. The molecule has 5 nitrogen and oxygen atoms in total. The van der Waals surface area contributed by atoms with Crippen LogP contribution < -0.4 is 4.74 Å². The van der Waals surface area contributed by atoms with Crippen LogP contribution in [0.2, 0.25) is 0 Å². The monoisotopic (exact) mass is 352 g/mol. The van der Waals surface area contributed by atoms with Crippen LogP contribution in [0.1, 0.15) is 31.2 Å². The van der Waals surface area contributed by atoms with Gasteiger partial charge in [0.25, 0.3) is 0 Å². The summed E-state index contributed by atoms with van der Waals surface area (Å²) in [6, 6.07) is 12.4. The van der Waals surface area contributed by atoms with Gasteiger partial charge in [-0.05, 0) is 48.2 Å². The van der Waals surface area contributed by atoms with Crippen molar-refractivity contribution >= 4 is 22.6 Å². The van der Waals surface area contributed by atoms with Crippen LogP contribution in [0.5, 0.6) is 5.75 Å². The van der Waals surface area contributed by atoms with Crippen LogP contribution in [-0.4, -0.2) is 54.4 Å². The molecule has 4 rings (SSSR count). The number of nitrogens with zero attached hydrogens (tertiary/aromatic N) is 2. The van der Waals surface area contributed by atoms with Crippen LogP contribution >= 0.6 is 0 Å². The lowest BCUT2D eigenvalue weighted by Gasteiger charge is -2.35. The van der Waals surface area contributed by atoms with Gasteiger partial charge in [-0.1, -0.05) is 24.3 Å². The standard InChI is InChI=1S/C21H24N2O3/c1-14(15-3-4-17-12-19(26-2)8-5-16(17)11-15)21(25)22-9-10-23(18-6-7-18)20(24)13-22/h3-5,8,11-12,14,18H,6-7,9-10,13H2,1-2H3/t14-/m0/s1. The van der Waals surface area contributed by atoms with Crippen LogP contribution in [0, 0.1) is 0 Å². The predicted octanol–water partition coefficient (Wildman–Crippen LogP) is 2.79. The summed E-state index contributed by atoms with van der Waals surface area (Å²) in [5.74, 6) is 0.676. The second-order valence-corrected chi connectivity index (χ2v) is 7.27. The van der Waals surface area contributed by atoms with Crippen LogP contribution in [0.3, 0.4) is 0 Å². The Morgan fingerprint density at radius 2 is 1.85 bits per heavy atom. The van der Waals surface area contributed by atoms with Crippen molar-refractivity contribution in [1.82, 2.24) is 9.80 Å². The van der Waals surface area contributed by atoms with Crippen molar-refractivity contribution in [3.8, 4) is 5.75 Å². The van der Waals surface area contributed by atoms with E-state index in [4.69, 9.17) is 4.74 Å². The fourth-order valence-electron chi connectivity index (χ4n) is 3.70. The van der Waals surface area contributed by atoms with Gasteiger partial charge in [0.05, 0.1) is 19.6 Å². The third kappa shape index (κ3) is 3.14. The smallest absolute Gasteiger partial charge is 0.242 e. The number of carbonyl (C=O) groups is 2. The molecule has 2 fully saturated rings. The van der Waals surface area contributed by atoms with Crippen molar-refractivity contribution < 1.29 is 14.3 Å². The molecule has 2 aromatic rings. The lowest BCUT2D eigenvalue weighted by Crippen LogP contribution is -2.53. The molecule has 1 saturated carbocycles. The number of ether oxygens (including phenoxy) is 1. The van der Waals surface area contributed by atoms with Crippen LogP contribution in [0.4, 0.5) is 0 Å². The highest BCUT2D eigenvalue weighted by molar-refractivity contribution is 5.91. The molecule has 26 heavy (non-hydrogen) atoms. The summed E-state index contributed by atoms with van der Waals surface area (Å²) in [7, 11) is 1.65. The van der Waals surface area contributed by atoms with E-state index in [1.807, 2.05) is 42.2 Å². The largest absolute Gasteiger partial charge is 0.497 e. The number of hydrogen-bond acceptors (Lipinski definition) is 3. The topological polar surface area (TPSA) is 49.9 Å². The summed E-state index contributed by atoms with van der Waals surface area (Å²) in [5.41, 5.74) is 0.977. The number of methoxy groups -OCH3 is 1. The van der Waals surface area contributed by atoms with Crippen molar-refractivity contribution in [2.24, 2.45) is 0 Å². The maximum absolute atomic E-state index is 12.9. The van der Waals surface area contributed by atoms with E-state index in [0.29, 0.717) is 19.1 Å². The number of amides is 2. The van der Waals surface area contributed by atoms with E-state index in [0.717, 1.165) is 34.9 Å². The second kappa shape index (κ2) is 6.63. The minimum Gasteiger partial charge on any atom is -0.497 e. The molecular formula is C21H24N2O3. The summed E-state index contributed by atoms with van der Waals surface area (Å²) in [4.78, 5) is 28.9. The van der Waals surface area contributed by atoms with Crippen molar-refractivity contribution in [3.05, 3.63) is 42.0 Å². The highest BCUT2D eigenvalue weighted by Crippen LogP contribution is 2.29. The normalized spacial score (nSPS) is 18.9. The molecule has 0 N–H and O–H groups in total. The molecule has 0 radical (unpaired) electrons. The van der Waals surface area contributed by atoms with Crippen LogP contribution in [0.25, 0.3) is 10.8 Å². The van der Waals surface area contributed by atoms with E-state index in [-0.39, 0.29) is 24.3 Å². The van der Waals surface area contributed by atoms with Gasteiger partial charge in [0.15, 0.2) is 0 Å². The summed E-state index contributed by atoms with van der Waals surface area (Å²) < 4.78 is 5.26. The third-order valence-electron chi connectivity index (χ3n) is 5.50. The van der Waals surface area contributed by atoms with E-state index < -0.39 is 0 Å². The zero-order valence-corrected chi connectivity index (χ0v) is 15.3. The maximum atomic E-state index is 12.9. The molecule has 2 aliphatic rings. The molecule has 5 heteroatoms. The third-order valence-corrected chi connectivity index (χ3v) is 5.50. The van der Waals surface area contributed by atoms with Crippen molar-refractivity contribution in [2.75, 3.05) is 26.7 Å². The minimum atomic E-state index is -0.262. The van der Waals surface area contributed by atoms with Gasteiger partial charge in [0, 0.05) is 19.1 Å². The van der Waals surface area contributed by atoms with Gasteiger partial charge < -0.3 is 14.5 Å². The van der Waals surface area contributed by atoms with Crippen molar-refractivity contribution in [3.63, 3.8) is 0 Å². The van der Waals surface area contributed by atoms with Crippen LogP contribution in [-0.2, 0) is 9.59 Å². The van der Waals surface area contributed by atoms with Crippen molar-refractivity contribution in [2.45, 2.75) is 31.7 Å². The first-order valence-electron chi connectivity index (χ1n) is 9.23. The van der Waals surface area contributed by atoms with Gasteiger partial charge >= 0.3 is 0 Å². The Hall–Kier alpha value is -2.56. The number of fused-ring (bicyclic) bond motifs is 1. The van der Waals surface area contributed by atoms with Gasteiger partial charge in [-0.2, -0.15) is 0 Å². The van der Waals surface area contributed by atoms with E-state index in [2.05, 4.69) is 6.07 Å². The number of carbonyl (C=O) groups excluding carboxylic acids is 2. The quantitative estimate of drug-likeness (QED) is 0.850. The molecule has 136 valence electrons. The molecule has 0 spiro atoms. The molecule has 2 amide bonds. The second-order valence-electron chi connectivity index (χ2n) is 7.27. The highest BCUT2D eigenvalue weighted by Gasteiger charge is 2.37. The molecule has 2 aromatic carbocycles. The molecule has 0 aromatic heterocycles. The predicted molar refractivity (Wildman–Crippen MR) is 100 cm³/mol. The first-order chi connectivity index (χ1) is 12.6. The first kappa shape index (κ1) is 16.9. The fourth-order valence-corrected chi connectivity index (χ4v) is 3.70. The summed E-state index contributed by atoms with van der Waals surface area (Å²) >= 11 is 0. The van der Waals surface area contributed by atoms with Crippen molar-refractivity contribution in [1.29, 1.82) is 0 Å². The zero-order chi connectivity index (χ0) is 18.3. The Morgan fingerprint density at radius 3 is 2.54 bits per heavy atom. The van der Waals surface area contributed by atoms with E-state index >= 15 is 0 Å². The maximum Gasteiger partial charge on any atom is 0.242 e. The van der Waals surface area contributed by atoms with Gasteiger partial charge in [0.1, 0.15) is 5.75 Å². The Kier molecular flexibility index (Phi) is 4.31. The summed E-state index contributed by atoms with van der Waals surface area (Å²) in [5, 5.41) is 2.17. The Bertz CT molecular complexity index is 859. The van der Waals surface area contributed by atoms with Gasteiger partial charge in [-0.3, -0.25) is 9.59 Å². The molecular weight excluding hydrogens is 328 g/mol. The molecule has 0 unspecified atom stereocenters. The lowest BCUT2D eigenvalue weighted by molar-refractivity contribution is -0.146.